The Bertz CT molecular complexity index is 127. The molecule has 0 amide bonds. The highest BCUT2D eigenvalue weighted by molar-refractivity contribution is 4.89. The molecular formula is C11H20O. The van der Waals surface area contributed by atoms with Crippen molar-refractivity contribution in [1.82, 2.24) is 0 Å². The molecule has 0 aromatic rings. The summed E-state index contributed by atoms with van der Waals surface area (Å²) in [5.41, 5.74) is 0. The first kappa shape index (κ1) is 11.4. The summed E-state index contributed by atoms with van der Waals surface area (Å²) in [7, 11) is 0. The Balaban J connectivity index is 3.19. The third kappa shape index (κ3) is 7.55. The highest BCUT2D eigenvalue weighted by Crippen LogP contribution is 2.01. The van der Waals surface area contributed by atoms with Gasteiger partial charge in [-0.3, -0.25) is 0 Å². The number of unbranched alkanes of at least 4 members (excludes halogenated alkanes) is 3. The van der Waals surface area contributed by atoms with Gasteiger partial charge < -0.3 is 5.11 Å². The Hall–Kier alpha value is -0.560. The summed E-state index contributed by atoms with van der Waals surface area (Å²) >= 11 is 0. The van der Waals surface area contributed by atoms with E-state index in [1.807, 2.05) is 6.08 Å². The van der Waals surface area contributed by atoms with Gasteiger partial charge in [-0.05, 0) is 19.3 Å². The van der Waals surface area contributed by atoms with Crippen molar-refractivity contribution >= 4 is 0 Å². The van der Waals surface area contributed by atoms with E-state index < -0.39 is 0 Å². The molecule has 0 heterocycles. The van der Waals surface area contributed by atoms with E-state index in [9.17, 15) is 0 Å². The summed E-state index contributed by atoms with van der Waals surface area (Å²) in [6.07, 6.45) is 11.0. The number of hydrogen-bond acceptors (Lipinski definition) is 1. The topological polar surface area (TPSA) is 20.2 Å². The molecule has 0 saturated carbocycles. The van der Waals surface area contributed by atoms with E-state index in [0.717, 1.165) is 6.42 Å². The molecule has 0 rings (SSSR count). The van der Waals surface area contributed by atoms with Gasteiger partial charge in [0.15, 0.2) is 0 Å². The summed E-state index contributed by atoms with van der Waals surface area (Å²) in [6.45, 7) is 5.70. The molecule has 0 bridgehead atoms. The van der Waals surface area contributed by atoms with Crippen LogP contribution in [0.25, 0.3) is 0 Å². The molecule has 1 heteroatoms. The molecule has 0 aliphatic carbocycles. The van der Waals surface area contributed by atoms with Crippen molar-refractivity contribution in [2.75, 3.05) is 0 Å². The lowest BCUT2D eigenvalue weighted by Gasteiger charge is -1.98. The highest BCUT2D eigenvalue weighted by Gasteiger charge is 1.91. The SMILES string of the molecule is C=C[C@H](O)C/C=C\CCCCC. The number of aliphatic hydroxyl groups excluding tert-OH is 1. The van der Waals surface area contributed by atoms with Gasteiger partial charge in [-0.2, -0.15) is 0 Å². The fourth-order valence-corrected chi connectivity index (χ4v) is 0.962. The quantitative estimate of drug-likeness (QED) is 0.457. The molecule has 0 saturated heterocycles. The van der Waals surface area contributed by atoms with Gasteiger partial charge in [-0.25, -0.2) is 0 Å². The summed E-state index contributed by atoms with van der Waals surface area (Å²) in [5, 5.41) is 9.09. The fourth-order valence-electron chi connectivity index (χ4n) is 0.962. The van der Waals surface area contributed by atoms with Crippen molar-refractivity contribution in [1.29, 1.82) is 0 Å². The van der Waals surface area contributed by atoms with Crippen LogP contribution in [-0.4, -0.2) is 11.2 Å². The number of rotatable bonds is 7. The maximum absolute atomic E-state index is 9.09. The van der Waals surface area contributed by atoms with Crippen LogP contribution in [0.2, 0.25) is 0 Å². The van der Waals surface area contributed by atoms with Crippen LogP contribution < -0.4 is 0 Å². The Morgan fingerprint density at radius 3 is 2.67 bits per heavy atom. The van der Waals surface area contributed by atoms with E-state index in [1.165, 1.54) is 19.3 Å². The Labute approximate surface area is 75.8 Å². The minimum atomic E-state index is -0.368. The molecule has 12 heavy (non-hydrogen) atoms. The van der Waals surface area contributed by atoms with Crippen LogP contribution in [0.5, 0.6) is 0 Å². The molecule has 0 fully saturated rings. The average molecular weight is 168 g/mol. The summed E-state index contributed by atoms with van der Waals surface area (Å²) in [4.78, 5) is 0. The van der Waals surface area contributed by atoms with E-state index in [1.54, 1.807) is 6.08 Å². The van der Waals surface area contributed by atoms with Crippen LogP contribution in [0, 0.1) is 0 Å². The molecule has 0 spiro atoms. The first-order chi connectivity index (χ1) is 5.81. The van der Waals surface area contributed by atoms with Gasteiger partial charge in [0, 0.05) is 0 Å². The average Bonchev–Trinajstić information content (AvgIpc) is 2.10. The van der Waals surface area contributed by atoms with E-state index in [4.69, 9.17) is 5.11 Å². The maximum Gasteiger partial charge on any atom is 0.0752 e. The van der Waals surface area contributed by atoms with Crippen molar-refractivity contribution < 1.29 is 5.11 Å². The normalized spacial score (nSPS) is 13.5. The lowest BCUT2D eigenvalue weighted by atomic mass is 10.1. The third-order valence-corrected chi connectivity index (χ3v) is 1.79. The zero-order chi connectivity index (χ0) is 9.23. The Morgan fingerprint density at radius 2 is 2.08 bits per heavy atom. The van der Waals surface area contributed by atoms with Crippen molar-refractivity contribution in [3.63, 3.8) is 0 Å². The van der Waals surface area contributed by atoms with Crippen LogP contribution in [0.1, 0.15) is 39.0 Å². The second-order valence-electron chi connectivity index (χ2n) is 3.01. The zero-order valence-corrected chi connectivity index (χ0v) is 8.00. The third-order valence-electron chi connectivity index (χ3n) is 1.79. The molecule has 1 atom stereocenters. The predicted octanol–water partition coefficient (Wildman–Crippen LogP) is 3.06. The second kappa shape index (κ2) is 8.54. The standard InChI is InChI=1S/C11H20O/c1-3-5-6-7-8-9-10-11(12)4-2/h4,8-9,11-12H,2-3,5-7,10H2,1H3/b9-8-/t11-/m0/s1. The lowest BCUT2D eigenvalue weighted by Crippen LogP contribution is -1.97. The smallest absolute Gasteiger partial charge is 0.0752 e. The molecule has 0 aromatic heterocycles. The van der Waals surface area contributed by atoms with Crippen LogP contribution in [-0.2, 0) is 0 Å². The first-order valence-corrected chi connectivity index (χ1v) is 4.76. The molecule has 1 N–H and O–H groups in total. The summed E-state index contributed by atoms with van der Waals surface area (Å²) in [6, 6.07) is 0. The van der Waals surface area contributed by atoms with E-state index in [0.29, 0.717) is 6.42 Å². The number of allylic oxidation sites excluding steroid dienone is 1. The van der Waals surface area contributed by atoms with Crippen LogP contribution in [0.4, 0.5) is 0 Å². The molecule has 0 aliphatic heterocycles. The predicted molar refractivity (Wildman–Crippen MR) is 54.1 cm³/mol. The summed E-state index contributed by atoms with van der Waals surface area (Å²) in [5.74, 6) is 0. The molecule has 0 aliphatic rings. The van der Waals surface area contributed by atoms with Crippen molar-refractivity contribution in [3.8, 4) is 0 Å². The largest absolute Gasteiger partial charge is 0.389 e. The first-order valence-electron chi connectivity index (χ1n) is 4.76. The molecule has 0 aromatic carbocycles. The van der Waals surface area contributed by atoms with E-state index in [2.05, 4.69) is 19.6 Å². The zero-order valence-electron chi connectivity index (χ0n) is 8.00. The Kier molecular flexibility index (Phi) is 8.14. The Morgan fingerprint density at radius 1 is 1.33 bits per heavy atom. The molecule has 1 nitrogen and oxygen atoms in total. The van der Waals surface area contributed by atoms with Gasteiger partial charge >= 0.3 is 0 Å². The maximum atomic E-state index is 9.09. The van der Waals surface area contributed by atoms with E-state index in [-0.39, 0.29) is 6.10 Å². The molecular weight excluding hydrogens is 148 g/mol. The molecule has 0 radical (unpaired) electrons. The second-order valence-corrected chi connectivity index (χ2v) is 3.01. The number of hydrogen-bond donors (Lipinski definition) is 1. The van der Waals surface area contributed by atoms with Gasteiger partial charge in [0.25, 0.3) is 0 Å². The van der Waals surface area contributed by atoms with Crippen LogP contribution >= 0.6 is 0 Å². The van der Waals surface area contributed by atoms with Crippen LogP contribution in [0.15, 0.2) is 24.8 Å². The van der Waals surface area contributed by atoms with Crippen molar-refractivity contribution in [2.24, 2.45) is 0 Å². The van der Waals surface area contributed by atoms with Crippen LogP contribution in [0.3, 0.4) is 0 Å². The van der Waals surface area contributed by atoms with Crippen molar-refractivity contribution in [3.05, 3.63) is 24.8 Å². The van der Waals surface area contributed by atoms with Gasteiger partial charge in [-0.15, -0.1) is 6.58 Å². The van der Waals surface area contributed by atoms with Gasteiger partial charge in [0.1, 0.15) is 0 Å². The van der Waals surface area contributed by atoms with Gasteiger partial charge in [-0.1, -0.05) is 38.0 Å². The van der Waals surface area contributed by atoms with Gasteiger partial charge in [0.05, 0.1) is 6.10 Å². The summed E-state index contributed by atoms with van der Waals surface area (Å²) < 4.78 is 0. The number of aliphatic hydroxyl groups is 1. The van der Waals surface area contributed by atoms with Gasteiger partial charge in [0.2, 0.25) is 0 Å². The fraction of sp³-hybridized carbons (Fsp3) is 0.636. The highest BCUT2D eigenvalue weighted by atomic mass is 16.3. The lowest BCUT2D eigenvalue weighted by molar-refractivity contribution is 0.227. The molecule has 70 valence electrons. The molecule has 0 unspecified atom stereocenters. The minimum absolute atomic E-state index is 0.368. The van der Waals surface area contributed by atoms with Crippen molar-refractivity contribution in [2.45, 2.75) is 45.1 Å². The minimum Gasteiger partial charge on any atom is -0.389 e. The monoisotopic (exact) mass is 168 g/mol. The van der Waals surface area contributed by atoms with E-state index >= 15 is 0 Å².